The maximum atomic E-state index is 11.8. The minimum atomic E-state index is -0.318. The summed E-state index contributed by atoms with van der Waals surface area (Å²) in [7, 11) is 3.15. The number of hydrogen-bond donors (Lipinski definition) is 1. The number of nitrogens with one attached hydrogen (secondary N) is 1. The van der Waals surface area contributed by atoms with Crippen molar-refractivity contribution in [1.82, 2.24) is 0 Å². The van der Waals surface area contributed by atoms with Crippen LogP contribution in [0.1, 0.15) is 5.56 Å². The molecule has 0 aliphatic heterocycles. The fraction of sp³-hybridized carbons (Fsp3) is 0.176. The SMILES string of the molecule is COc1ccc(/C=N\OCC(=O)Nc2ccccc2OC)cc1. The van der Waals surface area contributed by atoms with Gasteiger partial charge >= 0.3 is 0 Å². The Kier molecular flexibility index (Phi) is 5.99. The minimum absolute atomic E-state index is 0.190. The first-order chi connectivity index (χ1) is 11.2. The van der Waals surface area contributed by atoms with Gasteiger partial charge in [-0.1, -0.05) is 17.3 Å². The van der Waals surface area contributed by atoms with Crippen LogP contribution in [0.5, 0.6) is 11.5 Å². The van der Waals surface area contributed by atoms with E-state index in [2.05, 4.69) is 10.5 Å². The van der Waals surface area contributed by atoms with Crippen LogP contribution in [0.2, 0.25) is 0 Å². The van der Waals surface area contributed by atoms with E-state index in [0.717, 1.165) is 11.3 Å². The smallest absolute Gasteiger partial charge is 0.265 e. The number of methoxy groups -OCH3 is 2. The van der Waals surface area contributed by atoms with Gasteiger partial charge in [-0.2, -0.15) is 0 Å². The minimum Gasteiger partial charge on any atom is -0.497 e. The number of oxime groups is 1. The van der Waals surface area contributed by atoms with E-state index < -0.39 is 0 Å². The zero-order valence-electron chi connectivity index (χ0n) is 13.0. The van der Waals surface area contributed by atoms with Crippen LogP contribution in [-0.2, 0) is 9.63 Å². The average molecular weight is 314 g/mol. The maximum Gasteiger partial charge on any atom is 0.265 e. The van der Waals surface area contributed by atoms with Gasteiger partial charge in [0.1, 0.15) is 11.5 Å². The van der Waals surface area contributed by atoms with Crippen molar-refractivity contribution < 1.29 is 19.1 Å². The summed E-state index contributed by atoms with van der Waals surface area (Å²) in [6.07, 6.45) is 1.52. The van der Waals surface area contributed by atoms with Crippen molar-refractivity contribution in [3.8, 4) is 11.5 Å². The molecule has 2 rings (SSSR count). The number of ether oxygens (including phenoxy) is 2. The fourth-order valence-electron chi connectivity index (χ4n) is 1.82. The molecule has 1 N–H and O–H groups in total. The monoisotopic (exact) mass is 314 g/mol. The first-order valence-corrected chi connectivity index (χ1v) is 6.95. The fourth-order valence-corrected chi connectivity index (χ4v) is 1.82. The number of anilines is 1. The number of carbonyl (C=O) groups is 1. The Labute approximate surface area is 134 Å². The summed E-state index contributed by atoms with van der Waals surface area (Å²) in [4.78, 5) is 16.8. The van der Waals surface area contributed by atoms with E-state index in [1.54, 1.807) is 32.4 Å². The molecule has 23 heavy (non-hydrogen) atoms. The summed E-state index contributed by atoms with van der Waals surface area (Å²) in [6, 6.07) is 14.4. The van der Waals surface area contributed by atoms with Crippen LogP contribution in [0.3, 0.4) is 0 Å². The Bertz CT molecular complexity index is 669. The van der Waals surface area contributed by atoms with Gasteiger partial charge in [0.25, 0.3) is 5.91 Å². The first kappa shape index (κ1) is 16.4. The van der Waals surface area contributed by atoms with E-state index in [1.165, 1.54) is 6.21 Å². The Morgan fingerprint density at radius 2 is 1.83 bits per heavy atom. The lowest BCUT2D eigenvalue weighted by atomic mass is 10.2. The predicted molar refractivity (Wildman–Crippen MR) is 88.2 cm³/mol. The van der Waals surface area contributed by atoms with E-state index in [-0.39, 0.29) is 12.5 Å². The molecule has 0 spiro atoms. The summed E-state index contributed by atoms with van der Waals surface area (Å²) in [6.45, 7) is -0.190. The second-order valence-corrected chi connectivity index (χ2v) is 4.53. The van der Waals surface area contributed by atoms with Crippen LogP contribution in [0.25, 0.3) is 0 Å². The number of para-hydroxylation sites is 2. The highest BCUT2D eigenvalue weighted by Gasteiger charge is 2.06. The second-order valence-electron chi connectivity index (χ2n) is 4.53. The third-order valence-electron chi connectivity index (χ3n) is 2.97. The molecule has 1 amide bonds. The topological polar surface area (TPSA) is 69.2 Å². The molecular formula is C17H18N2O4. The van der Waals surface area contributed by atoms with Crippen LogP contribution in [0, 0.1) is 0 Å². The van der Waals surface area contributed by atoms with Crippen LogP contribution < -0.4 is 14.8 Å². The average Bonchev–Trinajstić information content (AvgIpc) is 2.59. The normalized spacial score (nSPS) is 10.3. The number of rotatable bonds is 7. The van der Waals surface area contributed by atoms with Gasteiger partial charge in [-0.05, 0) is 42.0 Å². The lowest BCUT2D eigenvalue weighted by Gasteiger charge is -2.08. The van der Waals surface area contributed by atoms with Gasteiger partial charge in [0.15, 0.2) is 6.61 Å². The van der Waals surface area contributed by atoms with Gasteiger partial charge in [0.2, 0.25) is 0 Å². The summed E-state index contributed by atoms with van der Waals surface area (Å²) in [5.74, 6) is 1.03. The molecule has 6 nitrogen and oxygen atoms in total. The first-order valence-electron chi connectivity index (χ1n) is 6.95. The molecule has 0 radical (unpaired) electrons. The largest absolute Gasteiger partial charge is 0.497 e. The zero-order chi connectivity index (χ0) is 16.5. The lowest BCUT2D eigenvalue weighted by molar-refractivity contribution is -0.120. The molecule has 0 aliphatic carbocycles. The molecule has 6 heteroatoms. The van der Waals surface area contributed by atoms with Gasteiger partial charge in [0, 0.05) is 0 Å². The highest BCUT2D eigenvalue weighted by Crippen LogP contribution is 2.22. The number of carbonyl (C=O) groups excluding carboxylic acids is 1. The highest BCUT2D eigenvalue weighted by atomic mass is 16.6. The van der Waals surface area contributed by atoms with Crippen molar-refractivity contribution in [2.45, 2.75) is 0 Å². The van der Waals surface area contributed by atoms with Crippen molar-refractivity contribution in [1.29, 1.82) is 0 Å². The van der Waals surface area contributed by atoms with Crippen LogP contribution >= 0.6 is 0 Å². The number of hydrogen-bond acceptors (Lipinski definition) is 5. The van der Waals surface area contributed by atoms with Gasteiger partial charge in [0.05, 0.1) is 26.1 Å². The van der Waals surface area contributed by atoms with Crippen LogP contribution in [0.4, 0.5) is 5.69 Å². The van der Waals surface area contributed by atoms with Crippen molar-refractivity contribution in [2.75, 3.05) is 26.1 Å². The quantitative estimate of drug-likeness (QED) is 0.630. The standard InChI is InChI=1S/C17H18N2O4/c1-21-14-9-7-13(8-10-14)11-18-23-12-17(20)19-15-5-3-4-6-16(15)22-2/h3-11H,12H2,1-2H3,(H,19,20)/b18-11-. The summed E-state index contributed by atoms with van der Waals surface area (Å²) in [5.41, 5.74) is 1.43. The van der Waals surface area contributed by atoms with Gasteiger partial charge < -0.3 is 19.6 Å². The Hall–Kier alpha value is -3.02. The molecule has 0 bridgehead atoms. The molecule has 0 heterocycles. The van der Waals surface area contributed by atoms with E-state index in [9.17, 15) is 4.79 Å². The van der Waals surface area contributed by atoms with Crippen molar-refractivity contribution in [3.63, 3.8) is 0 Å². The van der Waals surface area contributed by atoms with Crippen LogP contribution in [-0.4, -0.2) is 32.9 Å². The van der Waals surface area contributed by atoms with E-state index in [0.29, 0.717) is 11.4 Å². The van der Waals surface area contributed by atoms with E-state index in [1.807, 2.05) is 30.3 Å². The number of nitrogens with zero attached hydrogens (tertiary/aromatic N) is 1. The molecule has 0 aliphatic rings. The third kappa shape index (κ3) is 5.03. The molecular weight excluding hydrogens is 296 g/mol. The van der Waals surface area contributed by atoms with Gasteiger partial charge in [-0.3, -0.25) is 4.79 Å². The van der Waals surface area contributed by atoms with Crippen molar-refractivity contribution in [2.24, 2.45) is 5.16 Å². The molecule has 0 saturated heterocycles. The Morgan fingerprint density at radius 3 is 2.52 bits per heavy atom. The second kappa shape index (κ2) is 8.43. The Morgan fingerprint density at radius 1 is 1.09 bits per heavy atom. The molecule has 0 atom stereocenters. The predicted octanol–water partition coefficient (Wildman–Crippen LogP) is 2.69. The van der Waals surface area contributed by atoms with E-state index in [4.69, 9.17) is 14.3 Å². The zero-order valence-corrected chi connectivity index (χ0v) is 13.0. The molecule has 0 unspecified atom stereocenters. The molecule has 2 aromatic carbocycles. The molecule has 2 aromatic rings. The van der Waals surface area contributed by atoms with Gasteiger partial charge in [-0.25, -0.2) is 0 Å². The lowest BCUT2D eigenvalue weighted by Crippen LogP contribution is -2.17. The summed E-state index contributed by atoms with van der Waals surface area (Å²) >= 11 is 0. The molecule has 120 valence electrons. The third-order valence-corrected chi connectivity index (χ3v) is 2.97. The van der Waals surface area contributed by atoms with Gasteiger partial charge in [-0.15, -0.1) is 0 Å². The molecule has 0 fully saturated rings. The van der Waals surface area contributed by atoms with Crippen molar-refractivity contribution >= 4 is 17.8 Å². The highest BCUT2D eigenvalue weighted by molar-refractivity contribution is 5.93. The van der Waals surface area contributed by atoms with Crippen LogP contribution in [0.15, 0.2) is 53.7 Å². The van der Waals surface area contributed by atoms with E-state index >= 15 is 0 Å². The maximum absolute atomic E-state index is 11.8. The number of benzene rings is 2. The summed E-state index contributed by atoms with van der Waals surface area (Å²) in [5, 5.41) is 6.46. The Balaban J connectivity index is 1.81. The molecule has 0 aromatic heterocycles. The summed E-state index contributed by atoms with van der Waals surface area (Å²) < 4.78 is 10.2. The number of amides is 1. The van der Waals surface area contributed by atoms with Crippen molar-refractivity contribution in [3.05, 3.63) is 54.1 Å². The molecule has 0 saturated carbocycles.